The maximum atomic E-state index is 13.7. The Morgan fingerprint density at radius 3 is 2.32 bits per heavy atom. The van der Waals surface area contributed by atoms with Crippen molar-refractivity contribution in [3.63, 3.8) is 0 Å². The average molecular weight is 576 g/mol. The molecule has 41 heavy (non-hydrogen) atoms. The molecule has 234 valence electrons. The number of rotatable bonds is 18. The van der Waals surface area contributed by atoms with E-state index in [1.165, 1.54) is 32.1 Å². The van der Waals surface area contributed by atoms with Gasteiger partial charge >= 0.3 is 7.12 Å². The van der Waals surface area contributed by atoms with Gasteiger partial charge in [0.2, 0.25) is 11.8 Å². The fraction of sp³-hybridized carbons (Fsp3) is 0.903. The van der Waals surface area contributed by atoms with E-state index in [1.807, 2.05) is 0 Å². The summed E-state index contributed by atoms with van der Waals surface area (Å²) in [4.78, 5) is 30.6. The molecule has 6 N–H and O–H groups in total. The van der Waals surface area contributed by atoms with Crippen molar-refractivity contribution in [1.29, 1.82) is 0 Å². The number of nitrogens with two attached hydrogens (primary N) is 2. The Labute approximate surface area is 249 Å². The molecule has 9 nitrogen and oxygen atoms in total. The van der Waals surface area contributed by atoms with E-state index in [0.717, 1.165) is 32.1 Å². The Bertz CT molecular complexity index is 896. The lowest BCUT2D eigenvalue weighted by atomic mass is 9.43. The van der Waals surface area contributed by atoms with Gasteiger partial charge in [0, 0.05) is 13.0 Å². The second-order valence-electron chi connectivity index (χ2n) is 14.0. The third-order valence-electron chi connectivity index (χ3n) is 9.95. The number of hydrogen-bond acceptors (Lipinski definition) is 5. The van der Waals surface area contributed by atoms with Crippen molar-refractivity contribution in [3.05, 3.63) is 0 Å². The van der Waals surface area contributed by atoms with E-state index in [1.54, 1.807) is 0 Å². The van der Waals surface area contributed by atoms with E-state index in [9.17, 15) is 9.59 Å². The molecular formula is C31H58BN5O4. The van der Waals surface area contributed by atoms with Gasteiger partial charge in [-0.1, -0.05) is 73.1 Å². The summed E-state index contributed by atoms with van der Waals surface area (Å²) in [7, 11) is -0.503. The van der Waals surface area contributed by atoms with E-state index in [2.05, 4.69) is 57.2 Å². The molecular weight excluding hydrogens is 517 g/mol. The van der Waals surface area contributed by atoms with Crippen LogP contribution in [0.15, 0.2) is 4.99 Å². The monoisotopic (exact) mass is 575 g/mol. The molecule has 0 spiro atoms. The number of aliphatic imine (C=N–C) groups is 1. The second kappa shape index (κ2) is 15.1. The summed E-state index contributed by atoms with van der Waals surface area (Å²) in [6.07, 6.45) is 12.4. The highest BCUT2D eigenvalue weighted by atomic mass is 16.7. The third-order valence-corrected chi connectivity index (χ3v) is 9.95. The fourth-order valence-corrected chi connectivity index (χ4v) is 7.38. The molecule has 6 atom stereocenters. The molecule has 4 fully saturated rings. The van der Waals surface area contributed by atoms with Crippen LogP contribution >= 0.6 is 0 Å². The van der Waals surface area contributed by atoms with Crippen molar-refractivity contribution in [2.24, 2.45) is 39.6 Å². The SMILES string of the molecule is CCCCCCCCCC(=O)N[C@@H](CCCN=C(N)N)C(=O)N[C@@H](CC(C)C)B1O[C@@H]2C[C@@H]3C[C@@H](C3(C)C)[C@]2(C)O1. The smallest absolute Gasteiger partial charge is 0.404 e. The average Bonchev–Trinajstić information content (AvgIpc) is 3.26. The van der Waals surface area contributed by atoms with E-state index >= 15 is 0 Å². The lowest BCUT2D eigenvalue weighted by Crippen LogP contribution is -2.65. The van der Waals surface area contributed by atoms with Crippen molar-refractivity contribution in [1.82, 2.24) is 10.6 Å². The largest absolute Gasteiger partial charge is 0.481 e. The summed E-state index contributed by atoms with van der Waals surface area (Å²) >= 11 is 0. The first-order chi connectivity index (χ1) is 19.4. The van der Waals surface area contributed by atoms with E-state index < -0.39 is 13.2 Å². The van der Waals surface area contributed by atoms with Crippen molar-refractivity contribution in [2.45, 2.75) is 149 Å². The van der Waals surface area contributed by atoms with Gasteiger partial charge in [0.25, 0.3) is 0 Å². The first-order valence-corrected chi connectivity index (χ1v) is 16.4. The van der Waals surface area contributed by atoms with Crippen LogP contribution in [0.25, 0.3) is 0 Å². The standard InChI is InChI=1S/C31H58BN5O4/c1-7-8-9-10-11-12-13-16-27(38)36-23(15-14-17-35-29(33)34)28(39)37-26(18-21(2)3)32-40-25-20-22-19-24(30(22,4)5)31(25,6)41-32/h21-26H,7-20H2,1-6H3,(H,36,38)(H,37,39)(H4,33,34,35)/t22-,23-,24-,25+,26-,31-/m0/s1. The Morgan fingerprint density at radius 1 is 1.00 bits per heavy atom. The van der Waals surface area contributed by atoms with Gasteiger partial charge in [0.15, 0.2) is 5.96 Å². The maximum Gasteiger partial charge on any atom is 0.481 e. The van der Waals surface area contributed by atoms with Gasteiger partial charge in [-0.15, -0.1) is 0 Å². The highest BCUT2D eigenvalue weighted by Crippen LogP contribution is 2.65. The molecule has 1 saturated heterocycles. The van der Waals surface area contributed by atoms with Gasteiger partial charge < -0.3 is 31.4 Å². The summed E-state index contributed by atoms with van der Waals surface area (Å²) in [5.74, 6) is 0.879. The van der Waals surface area contributed by atoms with Crippen LogP contribution in [0.3, 0.4) is 0 Å². The van der Waals surface area contributed by atoms with Crippen LogP contribution in [-0.2, 0) is 18.9 Å². The fourth-order valence-electron chi connectivity index (χ4n) is 7.38. The van der Waals surface area contributed by atoms with Gasteiger partial charge in [-0.3, -0.25) is 14.6 Å². The molecule has 3 aliphatic carbocycles. The Balaban J connectivity index is 1.61. The number of unbranched alkanes of at least 4 members (excludes halogenated alkanes) is 6. The van der Waals surface area contributed by atoms with Crippen LogP contribution in [0.5, 0.6) is 0 Å². The van der Waals surface area contributed by atoms with Crippen LogP contribution in [0.1, 0.15) is 125 Å². The highest BCUT2D eigenvalue weighted by Gasteiger charge is 2.68. The summed E-state index contributed by atoms with van der Waals surface area (Å²) in [5, 5.41) is 6.23. The van der Waals surface area contributed by atoms with Gasteiger partial charge in [-0.2, -0.15) is 0 Å². The third kappa shape index (κ3) is 8.85. The molecule has 4 aliphatic rings. The van der Waals surface area contributed by atoms with Gasteiger partial charge in [0.05, 0.1) is 17.6 Å². The number of nitrogens with one attached hydrogen (secondary N) is 2. The predicted octanol–water partition coefficient (Wildman–Crippen LogP) is 4.46. The molecule has 1 heterocycles. The van der Waals surface area contributed by atoms with Crippen LogP contribution in [-0.4, -0.2) is 55.1 Å². The zero-order valence-corrected chi connectivity index (χ0v) is 26.7. The minimum Gasteiger partial charge on any atom is -0.404 e. The molecule has 0 aromatic rings. The minimum atomic E-state index is -0.665. The van der Waals surface area contributed by atoms with Crippen molar-refractivity contribution in [2.75, 3.05) is 6.54 Å². The van der Waals surface area contributed by atoms with Crippen molar-refractivity contribution < 1.29 is 18.9 Å². The lowest BCUT2D eigenvalue weighted by Gasteiger charge is -2.64. The minimum absolute atomic E-state index is 0.0255. The Hall–Kier alpha value is -1.81. The van der Waals surface area contributed by atoms with E-state index in [4.69, 9.17) is 20.8 Å². The molecule has 0 unspecified atom stereocenters. The van der Waals surface area contributed by atoms with Gasteiger partial charge in [0.1, 0.15) is 6.04 Å². The quantitative estimate of drug-likeness (QED) is 0.0823. The maximum absolute atomic E-state index is 13.7. The molecule has 2 amide bonds. The second-order valence-corrected chi connectivity index (χ2v) is 14.0. The van der Waals surface area contributed by atoms with Crippen LogP contribution in [0.4, 0.5) is 0 Å². The van der Waals surface area contributed by atoms with Gasteiger partial charge in [-0.25, -0.2) is 0 Å². The van der Waals surface area contributed by atoms with Crippen LogP contribution in [0.2, 0.25) is 0 Å². The summed E-state index contributed by atoms with van der Waals surface area (Å²) in [6.45, 7) is 13.8. The number of carbonyl (C=O) groups is 2. The normalized spacial score (nSPS) is 27.5. The first-order valence-electron chi connectivity index (χ1n) is 16.4. The van der Waals surface area contributed by atoms with E-state index in [0.29, 0.717) is 43.6 Å². The molecule has 3 saturated carbocycles. The molecule has 10 heteroatoms. The summed E-state index contributed by atoms with van der Waals surface area (Å²) in [5.41, 5.74) is 10.9. The number of carbonyl (C=O) groups excluding carboxylic acids is 2. The van der Waals surface area contributed by atoms with E-state index in [-0.39, 0.29) is 40.8 Å². The molecule has 0 aromatic carbocycles. The predicted molar refractivity (Wildman–Crippen MR) is 166 cm³/mol. The Morgan fingerprint density at radius 2 is 1.68 bits per heavy atom. The van der Waals surface area contributed by atoms with Gasteiger partial charge in [-0.05, 0) is 68.6 Å². The zero-order chi connectivity index (χ0) is 30.2. The van der Waals surface area contributed by atoms with Crippen molar-refractivity contribution in [3.8, 4) is 0 Å². The summed E-state index contributed by atoms with van der Waals surface area (Å²) < 4.78 is 13.3. The van der Waals surface area contributed by atoms with Crippen LogP contribution < -0.4 is 22.1 Å². The lowest BCUT2D eigenvalue weighted by molar-refractivity contribution is -0.199. The van der Waals surface area contributed by atoms with Crippen LogP contribution in [0, 0.1) is 23.2 Å². The Kier molecular flexibility index (Phi) is 12.4. The number of amides is 2. The molecule has 0 radical (unpaired) electrons. The molecule has 1 aliphatic heterocycles. The first kappa shape index (κ1) is 33.7. The van der Waals surface area contributed by atoms with Crippen molar-refractivity contribution >= 4 is 24.9 Å². The number of hydrogen-bond donors (Lipinski definition) is 4. The molecule has 2 bridgehead atoms. The number of nitrogens with zero attached hydrogens (tertiary/aromatic N) is 1. The highest BCUT2D eigenvalue weighted by molar-refractivity contribution is 6.48. The topological polar surface area (TPSA) is 141 Å². The molecule has 0 aromatic heterocycles. The number of guanidine groups is 1. The zero-order valence-electron chi connectivity index (χ0n) is 26.7. The summed E-state index contributed by atoms with van der Waals surface area (Å²) in [6, 6.07) is -0.665. The molecule has 4 rings (SSSR count).